The largest absolute Gasteiger partial charge is 0.432 e. The summed E-state index contributed by atoms with van der Waals surface area (Å²) in [5.41, 5.74) is -0.112. The topological polar surface area (TPSA) is 81.2 Å². The number of benzene rings is 4. The normalized spacial score (nSPS) is 16.9. The number of carbonyl (C=O) groups excluding carboxylic acids is 4. The van der Waals surface area contributed by atoms with Gasteiger partial charge in [-0.3, -0.25) is 0 Å². The lowest BCUT2D eigenvalue weighted by molar-refractivity contribution is 0.250. The zero-order valence-corrected chi connectivity index (χ0v) is 20.3. The van der Waals surface area contributed by atoms with E-state index in [1.165, 1.54) is 9.34 Å². The third-order valence-electron chi connectivity index (χ3n) is 6.27. The summed E-state index contributed by atoms with van der Waals surface area (Å²) in [4.78, 5) is 59.2. The lowest BCUT2D eigenvalue weighted by Gasteiger charge is -2.25. The van der Waals surface area contributed by atoms with Crippen LogP contribution in [0.5, 0.6) is 0 Å². The van der Waals surface area contributed by atoms with E-state index in [2.05, 4.69) is 0 Å². The summed E-state index contributed by atoms with van der Waals surface area (Å²) in [7, 11) is -4.06. The smallest absolute Gasteiger partial charge is 0.243 e. The Hall–Kier alpha value is -4.81. The van der Waals surface area contributed by atoms with Crippen molar-refractivity contribution in [2.45, 2.75) is 0 Å². The van der Waals surface area contributed by atoms with E-state index in [0.717, 1.165) is 9.80 Å². The molecule has 6 rings (SSSR count). The number of hydrogen-bond donors (Lipinski definition) is 0. The van der Waals surface area contributed by atoms with Crippen LogP contribution in [0, 0.1) is 0 Å². The molecule has 0 radical (unpaired) electrons. The van der Waals surface area contributed by atoms with E-state index in [1.807, 2.05) is 0 Å². The maximum absolute atomic E-state index is 14.5. The molecule has 0 saturated carbocycles. The molecule has 1 spiro atoms. The number of nitrogens with zero attached hydrogens (tertiary/aromatic N) is 4. The predicted molar refractivity (Wildman–Crippen MR) is 144 cm³/mol. The highest BCUT2D eigenvalue weighted by atomic mass is 31.2. The molecular weight excluding hydrogens is 487 g/mol. The van der Waals surface area contributed by atoms with Crippen molar-refractivity contribution in [1.29, 1.82) is 0 Å². The van der Waals surface area contributed by atoms with Crippen molar-refractivity contribution in [3.63, 3.8) is 0 Å². The van der Waals surface area contributed by atoms with Gasteiger partial charge in [-0.15, -0.1) is 9.34 Å². The van der Waals surface area contributed by atoms with Crippen LogP contribution in [-0.2, 0) is 0 Å². The number of imide groups is 2. The highest BCUT2D eigenvalue weighted by Crippen LogP contribution is 2.76. The van der Waals surface area contributed by atoms with Gasteiger partial charge in [0.25, 0.3) is 0 Å². The Labute approximate surface area is 213 Å². The number of para-hydroxylation sites is 4. The Morgan fingerprint density at radius 2 is 0.649 bits per heavy atom. The fourth-order valence-corrected chi connectivity index (χ4v) is 8.28. The number of anilines is 4. The van der Waals surface area contributed by atoms with Crippen LogP contribution in [0.25, 0.3) is 0 Å². The summed E-state index contributed by atoms with van der Waals surface area (Å²) in [5.74, 6) is 0. The van der Waals surface area contributed by atoms with Gasteiger partial charge in [0.2, 0.25) is 0 Å². The monoisotopic (exact) mass is 507 g/mol. The average Bonchev–Trinajstić information content (AvgIpc) is 3.31. The van der Waals surface area contributed by atoms with Crippen molar-refractivity contribution < 1.29 is 19.2 Å². The zero-order chi connectivity index (χ0) is 25.6. The molecule has 2 aliphatic rings. The SMILES string of the molecule is O=C1N(c2ccccc2)C(=O)[P+]2(C(=O)N(c3ccccc3)C(=O)N2c2ccccc2)N1c1ccccc1. The third-order valence-corrected chi connectivity index (χ3v) is 9.70. The molecule has 37 heavy (non-hydrogen) atoms. The quantitative estimate of drug-likeness (QED) is 0.270. The Bertz CT molecular complexity index is 1400. The molecule has 0 aromatic heterocycles. The first-order valence-corrected chi connectivity index (χ1v) is 13.2. The van der Waals surface area contributed by atoms with Crippen molar-refractivity contribution >= 4 is 53.7 Å². The van der Waals surface area contributed by atoms with Crippen molar-refractivity contribution in [2.24, 2.45) is 0 Å². The summed E-state index contributed by atoms with van der Waals surface area (Å²) in [6.07, 6.45) is 0. The van der Waals surface area contributed by atoms with Crippen LogP contribution < -0.4 is 19.1 Å². The van der Waals surface area contributed by atoms with Gasteiger partial charge < -0.3 is 0 Å². The Kier molecular flexibility index (Phi) is 5.32. The van der Waals surface area contributed by atoms with Crippen LogP contribution in [0.3, 0.4) is 0 Å². The molecule has 4 aromatic carbocycles. The molecule has 2 heterocycles. The number of hydrogen-bond acceptors (Lipinski definition) is 4. The molecular formula is C28H20N4O4P+. The van der Waals surface area contributed by atoms with Gasteiger partial charge in [-0.2, -0.15) is 9.80 Å². The molecule has 6 amide bonds. The van der Waals surface area contributed by atoms with E-state index in [0.29, 0.717) is 22.7 Å². The highest BCUT2D eigenvalue weighted by Gasteiger charge is 2.84. The van der Waals surface area contributed by atoms with Gasteiger partial charge in [0.15, 0.2) is 0 Å². The minimum atomic E-state index is -4.06. The summed E-state index contributed by atoms with van der Waals surface area (Å²) in [5, 5.41) is 0. The Balaban J connectivity index is 1.66. The van der Waals surface area contributed by atoms with Crippen LogP contribution in [0.4, 0.5) is 41.9 Å². The second-order valence-electron chi connectivity index (χ2n) is 8.37. The molecule has 0 atom stereocenters. The van der Waals surface area contributed by atoms with E-state index in [9.17, 15) is 19.2 Å². The molecule has 2 fully saturated rings. The Morgan fingerprint density at radius 3 is 0.946 bits per heavy atom. The first kappa shape index (κ1) is 22.6. The van der Waals surface area contributed by atoms with Gasteiger partial charge in [-0.05, 0) is 48.5 Å². The van der Waals surface area contributed by atoms with E-state index >= 15 is 0 Å². The lowest BCUT2D eigenvalue weighted by Crippen LogP contribution is -2.36. The maximum Gasteiger partial charge on any atom is 0.432 e. The van der Waals surface area contributed by atoms with Gasteiger partial charge in [0.1, 0.15) is 0 Å². The molecule has 4 aromatic rings. The molecule has 0 unspecified atom stereocenters. The van der Waals surface area contributed by atoms with Crippen LogP contribution in [0.2, 0.25) is 0 Å². The molecule has 0 aliphatic carbocycles. The molecule has 0 bridgehead atoms. The Morgan fingerprint density at radius 1 is 0.378 bits per heavy atom. The molecule has 2 saturated heterocycles. The minimum Gasteiger partial charge on any atom is -0.243 e. The van der Waals surface area contributed by atoms with Gasteiger partial charge in [-0.25, -0.2) is 19.2 Å². The van der Waals surface area contributed by atoms with Crippen molar-refractivity contribution in [3.8, 4) is 0 Å². The van der Waals surface area contributed by atoms with Crippen LogP contribution in [0.15, 0.2) is 121 Å². The summed E-state index contributed by atoms with van der Waals surface area (Å²) in [6, 6.07) is 32.6. The van der Waals surface area contributed by atoms with Crippen LogP contribution >= 0.6 is 7.56 Å². The zero-order valence-electron chi connectivity index (χ0n) is 19.4. The van der Waals surface area contributed by atoms with E-state index in [-0.39, 0.29) is 0 Å². The molecule has 0 N–H and O–H groups in total. The first-order valence-electron chi connectivity index (χ1n) is 11.5. The summed E-state index contributed by atoms with van der Waals surface area (Å²) >= 11 is 0. The van der Waals surface area contributed by atoms with Crippen LogP contribution in [0.1, 0.15) is 0 Å². The highest BCUT2D eigenvalue weighted by molar-refractivity contribution is 8.09. The van der Waals surface area contributed by atoms with Crippen molar-refractivity contribution in [3.05, 3.63) is 121 Å². The average molecular weight is 507 g/mol. The first-order chi connectivity index (χ1) is 18.1. The maximum atomic E-state index is 14.5. The van der Waals surface area contributed by atoms with E-state index in [4.69, 9.17) is 0 Å². The molecule has 9 heteroatoms. The molecule has 8 nitrogen and oxygen atoms in total. The van der Waals surface area contributed by atoms with Gasteiger partial charge >= 0.3 is 30.9 Å². The summed E-state index contributed by atoms with van der Waals surface area (Å²) in [6.45, 7) is 0. The number of rotatable bonds is 4. The fraction of sp³-hybridized carbons (Fsp3) is 0. The van der Waals surface area contributed by atoms with Crippen molar-refractivity contribution in [1.82, 2.24) is 0 Å². The predicted octanol–water partition coefficient (Wildman–Crippen LogP) is 7.37. The van der Waals surface area contributed by atoms with Gasteiger partial charge in [0, 0.05) is 0 Å². The van der Waals surface area contributed by atoms with Crippen molar-refractivity contribution in [2.75, 3.05) is 19.1 Å². The second-order valence-corrected chi connectivity index (χ2v) is 11.1. The van der Waals surface area contributed by atoms with E-state index < -0.39 is 30.9 Å². The summed E-state index contributed by atoms with van der Waals surface area (Å²) < 4.78 is 2.47. The minimum absolute atomic E-state index is 0.321. The molecule has 180 valence electrons. The number of amides is 6. The second kappa shape index (κ2) is 8.69. The van der Waals surface area contributed by atoms with Gasteiger partial charge in [-0.1, -0.05) is 72.8 Å². The fourth-order valence-electron chi connectivity index (χ4n) is 4.68. The molecule has 2 aliphatic heterocycles. The third kappa shape index (κ3) is 3.20. The number of urea groups is 2. The van der Waals surface area contributed by atoms with E-state index in [1.54, 1.807) is 121 Å². The van der Waals surface area contributed by atoms with Crippen LogP contribution in [-0.4, -0.2) is 23.4 Å². The standard InChI is InChI=1S/C28H20N4O4P/c33-25-29(21-13-5-1-6-14-21)27(35)37(31(25)23-17-9-3-10-18-23)28(36)30(22-15-7-2-8-16-22)26(34)32(37)24-19-11-4-12-20-24/h1-20H/q+1. The lowest BCUT2D eigenvalue weighted by atomic mass is 10.3. The van der Waals surface area contributed by atoms with Gasteiger partial charge in [0.05, 0.1) is 22.7 Å². The number of carbonyl (C=O) groups is 4.